The monoisotopic (exact) mass is 277 g/mol. The van der Waals surface area contributed by atoms with Crippen LogP contribution in [0.5, 0.6) is 0 Å². The fourth-order valence-electron chi connectivity index (χ4n) is 2.61. The molecule has 2 heterocycles. The first kappa shape index (κ1) is 15.2. The van der Waals surface area contributed by atoms with Crippen LogP contribution in [-0.4, -0.2) is 54.1 Å². The van der Waals surface area contributed by atoms with Gasteiger partial charge in [0.15, 0.2) is 0 Å². The minimum Gasteiger partial charge on any atom is -0.354 e. The van der Waals surface area contributed by atoms with E-state index in [2.05, 4.69) is 32.8 Å². The lowest BCUT2D eigenvalue weighted by atomic mass is 10.2. The molecule has 112 valence electrons. The van der Waals surface area contributed by atoms with Crippen LogP contribution in [0.1, 0.15) is 31.9 Å². The second-order valence-corrected chi connectivity index (χ2v) is 5.40. The Morgan fingerprint density at radius 2 is 1.90 bits per heavy atom. The zero-order valence-corrected chi connectivity index (χ0v) is 12.6. The summed E-state index contributed by atoms with van der Waals surface area (Å²) in [6.07, 6.45) is 6.33. The summed E-state index contributed by atoms with van der Waals surface area (Å²) in [6, 6.07) is 2.12. The summed E-state index contributed by atoms with van der Waals surface area (Å²) < 4.78 is 0. The van der Waals surface area contributed by atoms with Crippen molar-refractivity contribution in [2.24, 2.45) is 5.73 Å². The van der Waals surface area contributed by atoms with Gasteiger partial charge in [-0.15, -0.1) is 0 Å². The summed E-state index contributed by atoms with van der Waals surface area (Å²) in [6.45, 7) is 8.56. The predicted octanol–water partition coefficient (Wildman–Crippen LogP) is 1.29. The molecule has 0 saturated carbocycles. The Balaban J connectivity index is 1.76. The first-order chi connectivity index (χ1) is 9.83. The van der Waals surface area contributed by atoms with Crippen molar-refractivity contribution in [1.82, 2.24) is 14.9 Å². The van der Waals surface area contributed by atoms with Gasteiger partial charge in [0.1, 0.15) is 12.1 Å². The number of piperazine rings is 1. The van der Waals surface area contributed by atoms with Gasteiger partial charge in [-0.3, -0.25) is 4.90 Å². The van der Waals surface area contributed by atoms with E-state index in [0.717, 1.165) is 57.1 Å². The first-order valence-electron chi connectivity index (χ1n) is 7.81. The molecule has 0 radical (unpaired) electrons. The third-order valence-corrected chi connectivity index (χ3v) is 3.95. The summed E-state index contributed by atoms with van der Waals surface area (Å²) in [5.41, 5.74) is 6.65. The summed E-state index contributed by atoms with van der Waals surface area (Å²) in [5.74, 6) is 1.08. The highest BCUT2D eigenvalue weighted by Crippen LogP contribution is 2.14. The highest BCUT2D eigenvalue weighted by Gasteiger charge is 2.17. The smallest absolute Gasteiger partial charge is 0.132 e. The Hall–Kier alpha value is -1.20. The normalized spacial score (nSPS) is 16.6. The molecule has 0 amide bonds. The summed E-state index contributed by atoms with van der Waals surface area (Å²) in [5, 5.41) is 0. The molecule has 1 aromatic rings. The molecule has 2 rings (SSSR count). The molecule has 0 unspecified atom stereocenters. The van der Waals surface area contributed by atoms with E-state index >= 15 is 0 Å². The van der Waals surface area contributed by atoms with E-state index in [0.29, 0.717) is 0 Å². The maximum atomic E-state index is 5.52. The number of anilines is 1. The molecule has 0 atom stereocenters. The van der Waals surface area contributed by atoms with Crippen LogP contribution in [0.2, 0.25) is 0 Å². The van der Waals surface area contributed by atoms with Gasteiger partial charge in [-0.25, -0.2) is 9.97 Å². The quantitative estimate of drug-likeness (QED) is 0.761. The highest BCUT2D eigenvalue weighted by atomic mass is 15.3. The van der Waals surface area contributed by atoms with Crippen molar-refractivity contribution >= 4 is 5.82 Å². The third-order valence-electron chi connectivity index (χ3n) is 3.95. The van der Waals surface area contributed by atoms with Crippen LogP contribution in [0.4, 0.5) is 5.82 Å². The minimum atomic E-state index is 0.821. The first-order valence-corrected chi connectivity index (χ1v) is 7.81. The number of unbranched alkanes of at least 4 members (excludes halogenated alkanes) is 2. The van der Waals surface area contributed by atoms with Crippen molar-refractivity contribution in [3.05, 3.63) is 18.1 Å². The summed E-state index contributed by atoms with van der Waals surface area (Å²) >= 11 is 0. The number of nitrogens with zero attached hydrogens (tertiary/aromatic N) is 4. The molecule has 20 heavy (non-hydrogen) atoms. The molecule has 1 fully saturated rings. The zero-order chi connectivity index (χ0) is 14.2. The van der Waals surface area contributed by atoms with Crippen LogP contribution in [0.3, 0.4) is 0 Å². The fraction of sp³-hybridized carbons (Fsp3) is 0.733. The Morgan fingerprint density at radius 3 is 2.60 bits per heavy atom. The van der Waals surface area contributed by atoms with E-state index in [-0.39, 0.29) is 0 Å². The maximum absolute atomic E-state index is 5.52. The Bertz CT molecular complexity index is 388. The van der Waals surface area contributed by atoms with Crippen molar-refractivity contribution in [2.45, 2.75) is 32.6 Å². The van der Waals surface area contributed by atoms with Crippen LogP contribution in [0, 0.1) is 0 Å². The Morgan fingerprint density at radius 1 is 1.10 bits per heavy atom. The molecule has 5 heteroatoms. The van der Waals surface area contributed by atoms with Crippen LogP contribution in [0.15, 0.2) is 12.4 Å². The van der Waals surface area contributed by atoms with Crippen LogP contribution in [-0.2, 0) is 6.42 Å². The van der Waals surface area contributed by atoms with Gasteiger partial charge >= 0.3 is 0 Å². The molecule has 1 aromatic heterocycles. The van der Waals surface area contributed by atoms with E-state index in [1.165, 1.54) is 19.4 Å². The van der Waals surface area contributed by atoms with E-state index in [1.807, 2.05) is 0 Å². The average Bonchev–Trinajstić information content (AvgIpc) is 2.52. The molecule has 5 nitrogen and oxygen atoms in total. The van der Waals surface area contributed by atoms with Gasteiger partial charge in [-0.2, -0.15) is 0 Å². The standard InChI is InChI=1S/C15H27N5/c1-2-14-12-15(18-13-17-14)20-10-8-19(9-11-20)7-5-3-4-6-16/h12-13H,2-11,16H2,1H3. The van der Waals surface area contributed by atoms with Crippen molar-refractivity contribution in [1.29, 1.82) is 0 Å². The molecule has 1 aliphatic rings. The molecule has 0 aliphatic carbocycles. The van der Waals surface area contributed by atoms with E-state index in [1.54, 1.807) is 6.33 Å². The van der Waals surface area contributed by atoms with Gasteiger partial charge in [0.25, 0.3) is 0 Å². The average molecular weight is 277 g/mol. The van der Waals surface area contributed by atoms with Gasteiger partial charge in [-0.05, 0) is 32.4 Å². The van der Waals surface area contributed by atoms with Crippen LogP contribution in [0.25, 0.3) is 0 Å². The molecule has 0 aromatic carbocycles. The molecular weight excluding hydrogens is 250 g/mol. The Kier molecular flexibility index (Phi) is 6.21. The lowest BCUT2D eigenvalue weighted by molar-refractivity contribution is 0.252. The largest absolute Gasteiger partial charge is 0.354 e. The molecule has 0 bridgehead atoms. The number of rotatable bonds is 7. The number of aromatic nitrogens is 2. The Labute approximate surface area is 122 Å². The number of hydrogen-bond donors (Lipinski definition) is 1. The van der Waals surface area contributed by atoms with Gasteiger partial charge in [-0.1, -0.05) is 13.3 Å². The lowest BCUT2D eigenvalue weighted by Gasteiger charge is -2.35. The van der Waals surface area contributed by atoms with Gasteiger partial charge in [0.2, 0.25) is 0 Å². The van der Waals surface area contributed by atoms with Crippen LogP contribution < -0.4 is 10.6 Å². The van der Waals surface area contributed by atoms with E-state index < -0.39 is 0 Å². The molecule has 1 saturated heterocycles. The third kappa shape index (κ3) is 4.42. The van der Waals surface area contributed by atoms with Crippen molar-refractivity contribution in [3.8, 4) is 0 Å². The fourth-order valence-corrected chi connectivity index (χ4v) is 2.61. The molecular formula is C15H27N5. The topological polar surface area (TPSA) is 58.3 Å². The second-order valence-electron chi connectivity index (χ2n) is 5.40. The number of hydrogen-bond acceptors (Lipinski definition) is 5. The van der Waals surface area contributed by atoms with Gasteiger partial charge in [0, 0.05) is 37.9 Å². The maximum Gasteiger partial charge on any atom is 0.132 e. The minimum absolute atomic E-state index is 0.821. The van der Waals surface area contributed by atoms with Crippen molar-refractivity contribution in [3.63, 3.8) is 0 Å². The van der Waals surface area contributed by atoms with Gasteiger partial charge in [0.05, 0.1) is 0 Å². The lowest BCUT2D eigenvalue weighted by Crippen LogP contribution is -2.47. The molecule has 0 spiro atoms. The highest BCUT2D eigenvalue weighted by molar-refractivity contribution is 5.39. The molecule has 1 aliphatic heterocycles. The number of nitrogens with two attached hydrogens (primary N) is 1. The molecule has 2 N–H and O–H groups in total. The number of aryl methyl sites for hydroxylation is 1. The summed E-state index contributed by atoms with van der Waals surface area (Å²) in [7, 11) is 0. The van der Waals surface area contributed by atoms with Gasteiger partial charge < -0.3 is 10.6 Å². The predicted molar refractivity (Wildman–Crippen MR) is 83.0 cm³/mol. The second kappa shape index (κ2) is 8.17. The SMILES string of the molecule is CCc1cc(N2CCN(CCCCCN)CC2)ncn1. The van der Waals surface area contributed by atoms with Crippen molar-refractivity contribution in [2.75, 3.05) is 44.2 Å². The van der Waals surface area contributed by atoms with Crippen LogP contribution >= 0.6 is 0 Å². The zero-order valence-electron chi connectivity index (χ0n) is 12.6. The van der Waals surface area contributed by atoms with Crippen molar-refractivity contribution < 1.29 is 0 Å². The van der Waals surface area contributed by atoms with E-state index in [9.17, 15) is 0 Å². The van der Waals surface area contributed by atoms with E-state index in [4.69, 9.17) is 5.73 Å². The summed E-state index contributed by atoms with van der Waals surface area (Å²) in [4.78, 5) is 13.6.